The van der Waals surface area contributed by atoms with E-state index in [-0.39, 0.29) is 5.76 Å². The van der Waals surface area contributed by atoms with Crippen LogP contribution >= 0.6 is 0 Å². The average Bonchev–Trinajstić information content (AvgIpc) is 2.54. The van der Waals surface area contributed by atoms with Crippen molar-refractivity contribution in [1.82, 2.24) is 0 Å². The molecule has 0 saturated carbocycles. The van der Waals surface area contributed by atoms with Crippen LogP contribution in [0.15, 0.2) is 22.8 Å². The third-order valence-corrected chi connectivity index (χ3v) is 4.10. The smallest absolute Gasteiger partial charge is 0.149 e. The quantitative estimate of drug-likeness (QED) is 0.681. The largest absolute Gasteiger partial charge is 0.771 e. The minimum Gasteiger partial charge on any atom is -0.771 e. The SMILES string of the molecule is CC(c1ccco1)(S(=O)[O-])S(=O)[O-]. The van der Waals surface area contributed by atoms with Gasteiger partial charge in [-0.15, -0.1) is 0 Å². The maximum absolute atomic E-state index is 10.7. The van der Waals surface area contributed by atoms with Crippen molar-refractivity contribution in [3.63, 3.8) is 0 Å². The van der Waals surface area contributed by atoms with Crippen LogP contribution in [0.1, 0.15) is 12.7 Å². The van der Waals surface area contributed by atoms with Crippen molar-refractivity contribution in [2.24, 2.45) is 0 Å². The lowest BCUT2D eigenvalue weighted by atomic mass is 10.3. The van der Waals surface area contributed by atoms with E-state index in [1.54, 1.807) is 0 Å². The van der Waals surface area contributed by atoms with E-state index >= 15 is 0 Å². The van der Waals surface area contributed by atoms with Gasteiger partial charge in [0.2, 0.25) is 0 Å². The number of hydrogen-bond acceptors (Lipinski definition) is 5. The predicted octanol–water partition coefficient (Wildman–Crippen LogP) is 0.211. The summed E-state index contributed by atoms with van der Waals surface area (Å²) in [6.45, 7) is 1.05. The highest BCUT2D eigenvalue weighted by atomic mass is 32.3. The molecule has 0 aliphatic carbocycles. The summed E-state index contributed by atoms with van der Waals surface area (Å²) in [5.74, 6) is -0.117. The molecular formula is C6H6O5S2-2. The van der Waals surface area contributed by atoms with Gasteiger partial charge in [-0.05, 0) is 41.2 Å². The van der Waals surface area contributed by atoms with E-state index in [0.717, 1.165) is 6.92 Å². The highest BCUT2D eigenvalue weighted by molar-refractivity contribution is 7.98. The Labute approximate surface area is 79.7 Å². The predicted molar refractivity (Wildman–Crippen MR) is 43.9 cm³/mol. The number of furan rings is 1. The monoisotopic (exact) mass is 222 g/mol. The molecule has 2 atom stereocenters. The van der Waals surface area contributed by atoms with Gasteiger partial charge in [-0.3, -0.25) is 8.42 Å². The summed E-state index contributed by atoms with van der Waals surface area (Å²) in [6.07, 6.45) is 1.22. The molecule has 5 nitrogen and oxygen atoms in total. The van der Waals surface area contributed by atoms with Crippen LogP contribution < -0.4 is 0 Å². The van der Waals surface area contributed by atoms with E-state index in [2.05, 4.69) is 0 Å². The molecule has 2 unspecified atom stereocenters. The van der Waals surface area contributed by atoms with Crippen LogP contribution in [0.5, 0.6) is 0 Å². The van der Waals surface area contributed by atoms with Gasteiger partial charge >= 0.3 is 0 Å². The molecule has 0 aliphatic rings. The highest BCUT2D eigenvalue weighted by Crippen LogP contribution is 2.29. The summed E-state index contributed by atoms with van der Waals surface area (Å²) in [7, 11) is 0. The van der Waals surface area contributed by atoms with E-state index in [4.69, 9.17) is 4.42 Å². The normalized spacial score (nSPS) is 20.5. The van der Waals surface area contributed by atoms with Crippen molar-refractivity contribution in [3.05, 3.63) is 24.2 Å². The van der Waals surface area contributed by atoms with Crippen molar-refractivity contribution in [2.75, 3.05) is 0 Å². The van der Waals surface area contributed by atoms with Crippen LogP contribution in [0.2, 0.25) is 0 Å². The minimum atomic E-state index is -2.78. The molecule has 1 aromatic heterocycles. The molecule has 7 heteroatoms. The maximum Gasteiger partial charge on any atom is 0.149 e. The lowest BCUT2D eigenvalue weighted by Crippen LogP contribution is -2.32. The van der Waals surface area contributed by atoms with Gasteiger partial charge in [0.1, 0.15) is 9.84 Å². The van der Waals surface area contributed by atoms with Gasteiger partial charge in [0.05, 0.1) is 6.26 Å². The Balaban J connectivity index is 3.21. The molecule has 0 aliphatic heterocycles. The third-order valence-electron chi connectivity index (χ3n) is 1.60. The molecule has 13 heavy (non-hydrogen) atoms. The highest BCUT2D eigenvalue weighted by Gasteiger charge is 2.32. The second kappa shape index (κ2) is 3.70. The molecule has 1 rings (SSSR count). The average molecular weight is 222 g/mol. The topological polar surface area (TPSA) is 93.4 Å². The standard InChI is InChI=1S/C6H8O5S2/c1-6(12(7)8,13(9)10)5-3-2-4-11-5/h2-4H,1H3,(H,7,8)(H,9,10)/p-2. The van der Waals surface area contributed by atoms with Gasteiger partial charge in [0.25, 0.3) is 0 Å². The van der Waals surface area contributed by atoms with Crippen LogP contribution in [0.25, 0.3) is 0 Å². The van der Waals surface area contributed by atoms with E-state index < -0.39 is 26.2 Å². The summed E-state index contributed by atoms with van der Waals surface area (Å²) in [5.41, 5.74) is 0. The summed E-state index contributed by atoms with van der Waals surface area (Å²) in [6, 6.07) is 2.72. The fourth-order valence-electron chi connectivity index (χ4n) is 0.757. The first-order valence-electron chi connectivity index (χ1n) is 3.22. The summed E-state index contributed by atoms with van der Waals surface area (Å²) in [5, 5.41) is 0. The molecule has 0 fully saturated rings. The second-order valence-electron chi connectivity index (χ2n) is 2.39. The molecule has 0 aromatic carbocycles. The Hall–Kier alpha value is -0.500. The molecule has 1 heterocycles. The fraction of sp³-hybridized carbons (Fsp3) is 0.333. The van der Waals surface area contributed by atoms with Gasteiger partial charge in [0.15, 0.2) is 0 Å². The number of hydrogen-bond donors (Lipinski definition) is 0. The molecule has 0 bridgehead atoms. The van der Waals surface area contributed by atoms with Gasteiger partial charge in [-0.2, -0.15) is 0 Å². The lowest BCUT2D eigenvalue weighted by molar-refractivity contribution is 0.443. The van der Waals surface area contributed by atoms with E-state index in [1.807, 2.05) is 0 Å². The van der Waals surface area contributed by atoms with E-state index in [0.29, 0.717) is 0 Å². The van der Waals surface area contributed by atoms with Gasteiger partial charge in [0, 0.05) is 0 Å². The zero-order valence-corrected chi connectivity index (χ0v) is 8.22. The zero-order valence-electron chi connectivity index (χ0n) is 6.59. The molecule has 0 spiro atoms. The molecular weight excluding hydrogens is 216 g/mol. The van der Waals surface area contributed by atoms with Crippen LogP contribution in [-0.2, 0) is 26.2 Å². The summed E-state index contributed by atoms with van der Waals surface area (Å²) < 4.78 is 45.6. The van der Waals surface area contributed by atoms with Crippen molar-refractivity contribution in [3.8, 4) is 0 Å². The Morgan fingerprint density at radius 2 is 1.92 bits per heavy atom. The molecule has 0 amide bonds. The molecule has 74 valence electrons. The van der Waals surface area contributed by atoms with Gasteiger partial charge in [-0.1, -0.05) is 0 Å². The first-order valence-corrected chi connectivity index (χ1v) is 5.37. The molecule has 0 saturated heterocycles. The summed E-state index contributed by atoms with van der Waals surface area (Å²) >= 11 is -5.57. The van der Waals surface area contributed by atoms with E-state index in [1.165, 1.54) is 18.4 Å². The molecule has 0 N–H and O–H groups in total. The Bertz CT molecular complexity index is 317. The van der Waals surface area contributed by atoms with E-state index in [9.17, 15) is 17.5 Å². The minimum absolute atomic E-state index is 0.117. The fourth-order valence-corrected chi connectivity index (χ4v) is 1.76. The van der Waals surface area contributed by atoms with Crippen molar-refractivity contribution < 1.29 is 21.9 Å². The Morgan fingerprint density at radius 3 is 2.23 bits per heavy atom. The van der Waals surface area contributed by atoms with Gasteiger partial charge in [-0.25, -0.2) is 0 Å². The Kier molecular flexibility index (Phi) is 3.01. The number of rotatable bonds is 3. The van der Waals surface area contributed by atoms with Crippen LogP contribution in [0.4, 0.5) is 0 Å². The molecule has 0 radical (unpaired) electrons. The first kappa shape index (κ1) is 10.6. The zero-order chi connectivity index (χ0) is 10.1. The first-order chi connectivity index (χ1) is 5.99. The van der Waals surface area contributed by atoms with Crippen LogP contribution in [0, 0.1) is 0 Å². The van der Waals surface area contributed by atoms with Crippen LogP contribution in [0.3, 0.4) is 0 Å². The Morgan fingerprint density at radius 1 is 1.38 bits per heavy atom. The maximum atomic E-state index is 10.7. The lowest BCUT2D eigenvalue weighted by Gasteiger charge is -2.31. The second-order valence-corrected chi connectivity index (χ2v) is 5.22. The van der Waals surface area contributed by atoms with Crippen LogP contribution in [-0.4, -0.2) is 17.5 Å². The van der Waals surface area contributed by atoms with Crippen molar-refractivity contribution in [2.45, 2.75) is 11.0 Å². The third kappa shape index (κ3) is 1.73. The summed E-state index contributed by atoms with van der Waals surface area (Å²) in [4.78, 5) is 0. The van der Waals surface area contributed by atoms with Crippen molar-refractivity contribution >= 4 is 22.2 Å². The van der Waals surface area contributed by atoms with Crippen molar-refractivity contribution in [1.29, 1.82) is 0 Å². The van der Waals surface area contributed by atoms with Gasteiger partial charge < -0.3 is 13.5 Å². The molecule has 1 aromatic rings.